The van der Waals surface area contributed by atoms with Crippen molar-refractivity contribution in [3.63, 3.8) is 0 Å². The van der Waals surface area contributed by atoms with E-state index in [0.717, 1.165) is 19.3 Å². The number of rotatable bonds is 12. The molecule has 0 N–H and O–H groups in total. The highest BCUT2D eigenvalue weighted by atomic mass is 16.5. The van der Waals surface area contributed by atoms with Gasteiger partial charge in [-0.15, -0.1) is 0 Å². The molecular formula is C13H24O3. The smallest absolute Gasteiger partial charge is 0.417 e. The molecule has 0 spiro atoms. The molecule has 0 heterocycles. The Kier molecular flexibility index (Phi) is 12.1. The van der Waals surface area contributed by atoms with E-state index in [-0.39, 0.29) is 6.10 Å². The average molecular weight is 228 g/mol. The number of unbranched alkanes of at least 4 members (excludes halogenated alkanes) is 6. The highest BCUT2D eigenvalue weighted by Crippen LogP contribution is 2.10. The maximum absolute atomic E-state index is 9.73. The molecule has 0 aliphatic carbocycles. The van der Waals surface area contributed by atoms with Gasteiger partial charge >= 0.3 is 6.47 Å². The number of hydrogen-bond donors (Lipinski definition) is 0. The first kappa shape index (κ1) is 15.4. The lowest BCUT2D eigenvalue weighted by molar-refractivity contribution is 0.143. The molecule has 0 saturated heterocycles. The van der Waals surface area contributed by atoms with Gasteiger partial charge in [-0.1, -0.05) is 38.5 Å². The Labute approximate surface area is 99.5 Å². The summed E-state index contributed by atoms with van der Waals surface area (Å²) in [6.45, 7) is 4.00. The quantitative estimate of drug-likeness (QED) is 0.480. The Bertz CT molecular complexity index is 148. The van der Waals surface area contributed by atoms with Gasteiger partial charge in [0.05, 0.1) is 19.8 Å². The second-order valence-electron chi connectivity index (χ2n) is 4.17. The first-order valence-corrected chi connectivity index (χ1v) is 6.21. The molecule has 3 nitrogen and oxygen atoms in total. The van der Waals surface area contributed by atoms with Gasteiger partial charge < -0.3 is 9.47 Å². The number of hydrogen-bond acceptors (Lipinski definition) is 3. The van der Waals surface area contributed by atoms with Crippen LogP contribution in [0, 0.1) is 7.11 Å². The lowest BCUT2D eigenvalue weighted by atomic mass is 10.1. The molecule has 1 atom stereocenters. The fourth-order valence-electron chi connectivity index (χ4n) is 1.61. The molecule has 0 aliphatic heterocycles. The van der Waals surface area contributed by atoms with Gasteiger partial charge in [-0.3, -0.25) is 0 Å². The third-order valence-electron chi connectivity index (χ3n) is 2.70. The molecule has 0 aromatic carbocycles. The predicted molar refractivity (Wildman–Crippen MR) is 64.5 cm³/mol. The molecule has 0 fully saturated rings. The van der Waals surface area contributed by atoms with Gasteiger partial charge in [0, 0.05) is 0 Å². The fourth-order valence-corrected chi connectivity index (χ4v) is 1.61. The van der Waals surface area contributed by atoms with Crippen LogP contribution in [0.25, 0.3) is 0 Å². The molecule has 0 bridgehead atoms. The van der Waals surface area contributed by atoms with Crippen molar-refractivity contribution >= 4 is 6.47 Å². The van der Waals surface area contributed by atoms with Gasteiger partial charge in [-0.2, -0.15) is 0 Å². The molecule has 1 unspecified atom stereocenters. The van der Waals surface area contributed by atoms with Gasteiger partial charge in [-0.25, -0.2) is 4.79 Å². The topological polar surface area (TPSA) is 35.5 Å². The van der Waals surface area contributed by atoms with Crippen molar-refractivity contribution < 1.29 is 14.3 Å². The number of carbonyl (C=O) groups excluding carboxylic acids is 1. The Morgan fingerprint density at radius 3 is 2.19 bits per heavy atom. The second-order valence-corrected chi connectivity index (χ2v) is 4.17. The van der Waals surface area contributed by atoms with E-state index in [1.54, 1.807) is 0 Å². The van der Waals surface area contributed by atoms with Crippen LogP contribution in [-0.4, -0.2) is 19.2 Å². The standard InChI is InChI=1S/C13H24O3/c1-13(15-2)10-8-6-4-3-5-7-9-11-16-12-14/h13H,2-11H2,1H3. The minimum Gasteiger partial charge on any atom is -0.457 e. The summed E-state index contributed by atoms with van der Waals surface area (Å²) in [5, 5.41) is 0. The first-order valence-electron chi connectivity index (χ1n) is 6.21. The lowest BCUT2D eigenvalue weighted by Gasteiger charge is -2.08. The maximum atomic E-state index is 9.73. The minimum atomic E-state index is 0.289. The SMILES string of the molecule is [CH2]OC(C)CCCCCCCCCO[C]=O. The normalized spacial score (nSPS) is 12.4. The molecule has 3 heteroatoms. The van der Waals surface area contributed by atoms with Crippen molar-refractivity contribution in [1.82, 2.24) is 0 Å². The highest BCUT2D eigenvalue weighted by molar-refractivity contribution is 5.37. The van der Waals surface area contributed by atoms with E-state index < -0.39 is 0 Å². The van der Waals surface area contributed by atoms with Crippen molar-refractivity contribution in [2.24, 2.45) is 0 Å². The lowest BCUT2D eigenvalue weighted by Crippen LogP contribution is -2.02. The van der Waals surface area contributed by atoms with Crippen LogP contribution in [0.15, 0.2) is 0 Å². The van der Waals surface area contributed by atoms with Crippen LogP contribution in [0.2, 0.25) is 0 Å². The van der Waals surface area contributed by atoms with E-state index in [4.69, 9.17) is 4.74 Å². The molecule has 0 aliphatic rings. The van der Waals surface area contributed by atoms with Crippen molar-refractivity contribution in [3.05, 3.63) is 7.11 Å². The van der Waals surface area contributed by atoms with E-state index in [1.165, 1.54) is 38.6 Å². The van der Waals surface area contributed by atoms with Crippen molar-refractivity contribution in [2.75, 3.05) is 6.61 Å². The summed E-state index contributed by atoms with van der Waals surface area (Å²) < 4.78 is 9.43. The van der Waals surface area contributed by atoms with Crippen LogP contribution >= 0.6 is 0 Å². The predicted octanol–water partition coefficient (Wildman–Crippen LogP) is 3.39. The summed E-state index contributed by atoms with van der Waals surface area (Å²) in [7, 11) is 3.41. The number of ether oxygens (including phenoxy) is 2. The molecule has 2 radical (unpaired) electrons. The van der Waals surface area contributed by atoms with E-state index >= 15 is 0 Å². The zero-order valence-corrected chi connectivity index (χ0v) is 10.4. The minimum absolute atomic E-state index is 0.289. The largest absolute Gasteiger partial charge is 0.457 e. The van der Waals surface area contributed by atoms with E-state index in [0.29, 0.717) is 6.61 Å². The molecule has 16 heavy (non-hydrogen) atoms. The van der Waals surface area contributed by atoms with E-state index in [1.807, 2.05) is 0 Å². The fraction of sp³-hybridized carbons (Fsp3) is 0.846. The molecule has 94 valence electrons. The maximum Gasteiger partial charge on any atom is 0.417 e. The summed E-state index contributed by atoms with van der Waals surface area (Å²) in [5.41, 5.74) is 0. The van der Waals surface area contributed by atoms with Gasteiger partial charge in [0.15, 0.2) is 0 Å². The first-order chi connectivity index (χ1) is 7.81. The molecule has 0 amide bonds. The van der Waals surface area contributed by atoms with Crippen LogP contribution in [0.1, 0.15) is 58.3 Å². The summed E-state index contributed by atoms with van der Waals surface area (Å²) in [6, 6.07) is 0. The van der Waals surface area contributed by atoms with Gasteiger partial charge in [0.25, 0.3) is 0 Å². The molecule has 0 saturated carbocycles. The molecule has 0 rings (SSSR count). The highest BCUT2D eigenvalue weighted by Gasteiger charge is 1.98. The summed E-state index contributed by atoms with van der Waals surface area (Å²) in [6.07, 6.45) is 9.76. The van der Waals surface area contributed by atoms with Crippen LogP contribution in [0.4, 0.5) is 0 Å². The summed E-state index contributed by atoms with van der Waals surface area (Å²) in [5.74, 6) is 0. The Morgan fingerprint density at radius 2 is 1.62 bits per heavy atom. The van der Waals surface area contributed by atoms with Crippen LogP contribution < -0.4 is 0 Å². The Hall–Kier alpha value is -0.570. The van der Waals surface area contributed by atoms with Gasteiger partial charge in [0.1, 0.15) is 0 Å². The molecule has 0 aromatic heterocycles. The second kappa shape index (κ2) is 12.5. The van der Waals surface area contributed by atoms with Crippen LogP contribution in [-0.2, 0) is 14.3 Å². The van der Waals surface area contributed by atoms with Gasteiger partial charge in [-0.05, 0) is 19.8 Å². The molecular weight excluding hydrogens is 204 g/mol. The van der Waals surface area contributed by atoms with E-state index in [2.05, 4.69) is 18.8 Å². The monoisotopic (exact) mass is 228 g/mol. The third-order valence-corrected chi connectivity index (χ3v) is 2.70. The van der Waals surface area contributed by atoms with E-state index in [9.17, 15) is 4.79 Å². The van der Waals surface area contributed by atoms with Crippen molar-refractivity contribution in [1.29, 1.82) is 0 Å². The van der Waals surface area contributed by atoms with Crippen LogP contribution in [0.3, 0.4) is 0 Å². The molecule has 0 aromatic rings. The zero-order chi connectivity index (χ0) is 12.1. The average Bonchev–Trinajstić information content (AvgIpc) is 2.31. The van der Waals surface area contributed by atoms with Crippen molar-refractivity contribution in [3.8, 4) is 0 Å². The van der Waals surface area contributed by atoms with Gasteiger partial charge in [0.2, 0.25) is 0 Å². The summed E-state index contributed by atoms with van der Waals surface area (Å²) in [4.78, 5) is 9.73. The third kappa shape index (κ3) is 11.5. The Morgan fingerprint density at radius 1 is 1.06 bits per heavy atom. The zero-order valence-electron chi connectivity index (χ0n) is 10.4. The van der Waals surface area contributed by atoms with Crippen molar-refractivity contribution in [2.45, 2.75) is 64.4 Å². The Balaban J connectivity index is 2.96. The summed E-state index contributed by atoms with van der Waals surface area (Å²) >= 11 is 0. The van der Waals surface area contributed by atoms with Crippen LogP contribution in [0.5, 0.6) is 0 Å².